The van der Waals surface area contributed by atoms with Gasteiger partial charge in [0.25, 0.3) is 0 Å². The molecule has 0 aromatic heterocycles. The van der Waals surface area contributed by atoms with E-state index in [2.05, 4.69) is 21.2 Å². The number of piperidine rings is 1. The second kappa shape index (κ2) is 5.91. The average Bonchev–Trinajstić information content (AvgIpc) is 2.41. The van der Waals surface area contributed by atoms with Crippen molar-refractivity contribution in [2.24, 2.45) is 0 Å². The van der Waals surface area contributed by atoms with E-state index in [0.29, 0.717) is 9.37 Å². The number of hydrogen-bond acceptors (Lipinski definition) is 3. The largest absolute Gasteiger partial charge is 0.317 e. The van der Waals surface area contributed by atoms with Crippen LogP contribution in [0, 0.1) is 6.92 Å². The van der Waals surface area contributed by atoms with Crippen LogP contribution < -0.4 is 5.32 Å². The van der Waals surface area contributed by atoms with Gasteiger partial charge in [-0.1, -0.05) is 12.1 Å². The van der Waals surface area contributed by atoms with Crippen LogP contribution in [0.15, 0.2) is 27.6 Å². The predicted octanol–water partition coefficient (Wildman–Crippen LogP) is 2.13. The highest BCUT2D eigenvalue weighted by Crippen LogP contribution is 2.29. The molecule has 1 saturated heterocycles. The van der Waals surface area contributed by atoms with Gasteiger partial charge in [0.05, 0.1) is 4.90 Å². The smallest absolute Gasteiger partial charge is 0.244 e. The maximum absolute atomic E-state index is 12.7. The molecule has 0 bridgehead atoms. The Morgan fingerprint density at radius 3 is 2.58 bits per heavy atom. The van der Waals surface area contributed by atoms with Gasteiger partial charge in [-0.3, -0.25) is 0 Å². The van der Waals surface area contributed by atoms with E-state index < -0.39 is 10.0 Å². The molecule has 4 nitrogen and oxygen atoms in total. The Hall–Kier alpha value is -0.430. The van der Waals surface area contributed by atoms with Crippen LogP contribution in [0.1, 0.15) is 18.4 Å². The third-order valence-electron chi connectivity index (χ3n) is 3.64. The lowest BCUT2D eigenvalue weighted by molar-refractivity contribution is 0.296. The molecule has 1 N–H and O–H groups in total. The van der Waals surface area contributed by atoms with Crippen molar-refractivity contribution >= 4 is 26.0 Å². The summed E-state index contributed by atoms with van der Waals surface area (Å²) in [7, 11) is -1.75. The lowest BCUT2D eigenvalue weighted by Gasteiger charge is -2.31. The van der Waals surface area contributed by atoms with Gasteiger partial charge >= 0.3 is 0 Å². The van der Waals surface area contributed by atoms with Gasteiger partial charge in [-0.15, -0.1) is 0 Å². The fraction of sp³-hybridized carbons (Fsp3) is 0.538. The second-order valence-corrected chi connectivity index (χ2v) is 7.65. The minimum atomic E-state index is -3.43. The highest BCUT2D eigenvalue weighted by molar-refractivity contribution is 9.10. The monoisotopic (exact) mass is 346 g/mol. The number of benzene rings is 1. The van der Waals surface area contributed by atoms with Crippen molar-refractivity contribution in [1.82, 2.24) is 9.62 Å². The molecule has 0 radical (unpaired) electrons. The Labute approximate surface area is 123 Å². The molecule has 0 atom stereocenters. The van der Waals surface area contributed by atoms with E-state index >= 15 is 0 Å². The third-order valence-corrected chi connectivity index (χ3v) is 6.90. The summed E-state index contributed by atoms with van der Waals surface area (Å²) in [4.78, 5) is 0.355. The SMILES string of the molecule is Cc1cccc(S(=O)(=O)N(C)C2CCNCC2)c1Br. The van der Waals surface area contributed by atoms with Crippen LogP contribution in [0.4, 0.5) is 0 Å². The molecule has 6 heteroatoms. The summed E-state index contributed by atoms with van der Waals surface area (Å²) < 4.78 is 27.5. The average molecular weight is 347 g/mol. The summed E-state index contributed by atoms with van der Waals surface area (Å²) in [5.74, 6) is 0. The molecule has 106 valence electrons. The topological polar surface area (TPSA) is 49.4 Å². The quantitative estimate of drug-likeness (QED) is 0.911. The fourth-order valence-corrected chi connectivity index (χ4v) is 4.77. The van der Waals surface area contributed by atoms with Gasteiger partial charge in [-0.25, -0.2) is 8.42 Å². The highest BCUT2D eigenvalue weighted by atomic mass is 79.9. The summed E-state index contributed by atoms with van der Waals surface area (Å²) in [6.45, 7) is 3.65. The minimum Gasteiger partial charge on any atom is -0.317 e. The Morgan fingerprint density at radius 2 is 1.95 bits per heavy atom. The van der Waals surface area contributed by atoms with E-state index in [4.69, 9.17) is 0 Å². The molecule has 19 heavy (non-hydrogen) atoms. The lowest BCUT2D eigenvalue weighted by Crippen LogP contribution is -2.43. The standard InChI is InChI=1S/C13H19BrN2O2S/c1-10-4-3-5-12(13(10)14)19(17,18)16(2)11-6-8-15-9-7-11/h3-5,11,15H,6-9H2,1-2H3. The number of rotatable bonds is 3. The summed E-state index contributed by atoms with van der Waals surface area (Å²) in [5, 5.41) is 3.25. The molecular weight excluding hydrogens is 328 g/mol. The fourth-order valence-electron chi connectivity index (χ4n) is 2.34. The van der Waals surface area contributed by atoms with Gasteiger partial charge in [0, 0.05) is 17.6 Å². The van der Waals surface area contributed by atoms with Crippen molar-refractivity contribution in [2.45, 2.75) is 30.7 Å². The summed E-state index contributed by atoms with van der Waals surface area (Å²) >= 11 is 3.39. The first-order chi connectivity index (χ1) is 8.94. The number of sulfonamides is 1. The zero-order chi connectivity index (χ0) is 14.0. The van der Waals surface area contributed by atoms with E-state index in [1.807, 2.05) is 13.0 Å². The first kappa shape index (κ1) is 15.0. The molecule has 1 aliphatic heterocycles. The number of nitrogens with zero attached hydrogens (tertiary/aromatic N) is 1. The van der Waals surface area contributed by atoms with Crippen molar-refractivity contribution in [2.75, 3.05) is 20.1 Å². The number of nitrogens with one attached hydrogen (secondary N) is 1. The molecule has 1 aliphatic rings. The predicted molar refractivity (Wildman–Crippen MR) is 79.7 cm³/mol. The summed E-state index contributed by atoms with van der Waals surface area (Å²) in [5.41, 5.74) is 0.930. The molecule has 0 amide bonds. The summed E-state index contributed by atoms with van der Waals surface area (Å²) in [6, 6.07) is 5.42. The lowest BCUT2D eigenvalue weighted by atomic mass is 10.1. The second-order valence-electron chi connectivity index (χ2n) is 4.89. The van der Waals surface area contributed by atoms with Crippen molar-refractivity contribution in [1.29, 1.82) is 0 Å². The van der Waals surface area contributed by atoms with E-state index in [1.54, 1.807) is 19.2 Å². The van der Waals surface area contributed by atoms with Crippen LogP contribution in [0.25, 0.3) is 0 Å². The van der Waals surface area contributed by atoms with Crippen molar-refractivity contribution in [3.63, 3.8) is 0 Å². The number of hydrogen-bond donors (Lipinski definition) is 1. The van der Waals surface area contributed by atoms with E-state index in [-0.39, 0.29) is 6.04 Å². The van der Waals surface area contributed by atoms with Gasteiger partial charge in [-0.05, 0) is 60.4 Å². The van der Waals surface area contributed by atoms with Crippen LogP contribution in [0.5, 0.6) is 0 Å². The van der Waals surface area contributed by atoms with Crippen molar-refractivity contribution in [3.8, 4) is 0 Å². The highest BCUT2D eigenvalue weighted by Gasteiger charge is 2.30. The van der Waals surface area contributed by atoms with E-state index in [9.17, 15) is 8.42 Å². The Kier molecular flexibility index (Phi) is 4.66. The van der Waals surface area contributed by atoms with Crippen LogP contribution in [0.3, 0.4) is 0 Å². The van der Waals surface area contributed by atoms with Crippen molar-refractivity contribution < 1.29 is 8.42 Å². The molecule has 1 heterocycles. The van der Waals surface area contributed by atoms with Crippen LogP contribution >= 0.6 is 15.9 Å². The number of halogens is 1. The molecule has 0 saturated carbocycles. The molecule has 2 rings (SSSR count). The molecule has 0 aliphatic carbocycles. The molecule has 0 unspecified atom stereocenters. The normalized spacial score (nSPS) is 17.9. The first-order valence-corrected chi connectivity index (χ1v) is 8.62. The Bertz CT molecular complexity index is 554. The Morgan fingerprint density at radius 1 is 1.32 bits per heavy atom. The maximum atomic E-state index is 12.7. The van der Waals surface area contributed by atoms with Crippen LogP contribution in [0.2, 0.25) is 0 Å². The molecular formula is C13H19BrN2O2S. The van der Waals surface area contributed by atoms with E-state index in [1.165, 1.54) is 4.31 Å². The summed E-state index contributed by atoms with van der Waals surface area (Å²) in [6.07, 6.45) is 1.72. The molecule has 1 fully saturated rings. The zero-order valence-corrected chi connectivity index (χ0v) is 13.6. The van der Waals surface area contributed by atoms with Crippen LogP contribution in [-0.2, 0) is 10.0 Å². The van der Waals surface area contributed by atoms with Crippen LogP contribution in [-0.4, -0.2) is 38.9 Å². The third kappa shape index (κ3) is 3.02. The van der Waals surface area contributed by atoms with Gasteiger partial charge in [0.15, 0.2) is 0 Å². The van der Waals surface area contributed by atoms with Crippen molar-refractivity contribution in [3.05, 3.63) is 28.2 Å². The number of aryl methyl sites for hydroxylation is 1. The van der Waals surface area contributed by atoms with Gasteiger partial charge in [-0.2, -0.15) is 4.31 Å². The first-order valence-electron chi connectivity index (χ1n) is 6.38. The van der Waals surface area contributed by atoms with Gasteiger partial charge < -0.3 is 5.32 Å². The molecule has 0 spiro atoms. The van der Waals surface area contributed by atoms with Gasteiger partial charge in [0.1, 0.15) is 0 Å². The molecule has 1 aromatic carbocycles. The Balaban J connectivity index is 2.33. The maximum Gasteiger partial charge on any atom is 0.244 e. The zero-order valence-electron chi connectivity index (χ0n) is 11.2. The van der Waals surface area contributed by atoms with Gasteiger partial charge in [0.2, 0.25) is 10.0 Å². The van der Waals surface area contributed by atoms with E-state index in [0.717, 1.165) is 31.5 Å². The molecule has 1 aromatic rings. The minimum absolute atomic E-state index is 0.0821.